The molecular formula is C17H18F2N2O5. The molecule has 7 nitrogen and oxygen atoms in total. The first-order valence-electron chi connectivity index (χ1n) is 8.22. The van der Waals surface area contributed by atoms with E-state index in [1.54, 1.807) is 0 Å². The molecule has 0 bridgehead atoms. The summed E-state index contributed by atoms with van der Waals surface area (Å²) in [4.78, 5) is 38.3. The molecule has 2 aliphatic rings. The third kappa shape index (κ3) is 3.82. The predicted molar refractivity (Wildman–Crippen MR) is 85.4 cm³/mol. The van der Waals surface area contributed by atoms with E-state index in [4.69, 9.17) is 9.84 Å². The molecule has 26 heavy (non-hydrogen) atoms. The van der Waals surface area contributed by atoms with Gasteiger partial charge in [-0.15, -0.1) is 0 Å². The van der Waals surface area contributed by atoms with Gasteiger partial charge < -0.3 is 19.6 Å². The summed E-state index contributed by atoms with van der Waals surface area (Å²) in [6, 6.07) is 2.92. The van der Waals surface area contributed by atoms with Crippen LogP contribution in [0.3, 0.4) is 0 Å². The molecule has 0 aliphatic carbocycles. The number of nitrogens with zero attached hydrogens (tertiary/aromatic N) is 2. The van der Waals surface area contributed by atoms with Gasteiger partial charge in [-0.05, 0) is 12.1 Å². The lowest BCUT2D eigenvalue weighted by molar-refractivity contribution is -0.149. The molecule has 2 fully saturated rings. The average Bonchev–Trinajstić information content (AvgIpc) is 2.95. The van der Waals surface area contributed by atoms with E-state index in [2.05, 4.69) is 0 Å². The third-order valence-electron chi connectivity index (χ3n) is 4.53. The highest BCUT2D eigenvalue weighted by molar-refractivity contribution is 6.00. The van der Waals surface area contributed by atoms with Gasteiger partial charge in [0.1, 0.15) is 11.6 Å². The molecule has 2 aliphatic heterocycles. The summed E-state index contributed by atoms with van der Waals surface area (Å²) in [5.41, 5.74) is -0.0579. The van der Waals surface area contributed by atoms with E-state index in [9.17, 15) is 23.2 Å². The number of ether oxygens (including phenoxy) is 1. The molecule has 3 rings (SSSR count). The Morgan fingerprint density at radius 2 is 2.04 bits per heavy atom. The smallest absolute Gasteiger partial charge is 0.306 e. The molecule has 2 heterocycles. The second-order valence-electron chi connectivity index (χ2n) is 6.38. The molecule has 0 unspecified atom stereocenters. The summed E-state index contributed by atoms with van der Waals surface area (Å²) in [6.45, 7) is 0.674. The zero-order valence-electron chi connectivity index (χ0n) is 13.9. The number of halogens is 2. The van der Waals surface area contributed by atoms with Crippen molar-refractivity contribution < 1.29 is 33.0 Å². The van der Waals surface area contributed by atoms with Crippen molar-refractivity contribution >= 4 is 23.5 Å². The van der Waals surface area contributed by atoms with Crippen molar-refractivity contribution in [1.82, 2.24) is 4.90 Å². The fraction of sp³-hybridized carbons (Fsp3) is 0.471. The molecular weight excluding hydrogens is 350 g/mol. The number of anilines is 1. The average molecular weight is 368 g/mol. The largest absolute Gasteiger partial charge is 0.481 e. The van der Waals surface area contributed by atoms with E-state index in [0.717, 1.165) is 11.0 Å². The Bertz CT molecular complexity index is 742. The van der Waals surface area contributed by atoms with Crippen molar-refractivity contribution in [2.24, 2.45) is 5.92 Å². The van der Waals surface area contributed by atoms with Gasteiger partial charge in [-0.1, -0.05) is 0 Å². The highest BCUT2D eigenvalue weighted by atomic mass is 19.1. The maximum Gasteiger partial charge on any atom is 0.306 e. The Labute approximate surface area is 148 Å². The van der Waals surface area contributed by atoms with Crippen LogP contribution < -0.4 is 4.90 Å². The molecule has 0 radical (unpaired) electrons. The standard InChI is InChI=1S/C17H18F2N2O5/c18-11-1-2-14(13(19)6-11)21-8-10(5-15(21)22)17(25)20-3-4-26-12(9-20)7-16(23)24/h1-2,6,10,12H,3-5,7-9H2,(H,23,24)/t10-,12+/m0/s1. The van der Waals surface area contributed by atoms with E-state index >= 15 is 0 Å². The number of carboxylic acid groups (broad SMARTS) is 1. The fourth-order valence-corrected chi connectivity index (χ4v) is 3.30. The highest BCUT2D eigenvalue weighted by Crippen LogP contribution is 2.29. The molecule has 1 N–H and O–H groups in total. The monoisotopic (exact) mass is 368 g/mol. The summed E-state index contributed by atoms with van der Waals surface area (Å²) in [5, 5.41) is 8.85. The lowest BCUT2D eigenvalue weighted by atomic mass is 10.1. The van der Waals surface area contributed by atoms with Gasteiger partial charge in [0.25, 0.3) is 0 Å². The molecule has 1 aromatic carbocycles. The van der Waals surface area contributed by atoms with Gasteiger partial charge in [-0.25, -0.2) is 8.78 Å². The van der Waals surface area contributed by atoms with Crippen LogP contribution in [0.5, 0.6) is 0 Å². The fourth-order valence-electron chi connectivity index (χ4n) is 3.30. The lowest BCUT2D eigenvalue weighted by Gasteiger charge is -2.33. The first-order chi connectivity index (χ1) is 12.3. The Morgan fingerprint density at radius 1 is 1.27 bits per heavy atom. The first kappa shape index (κ1) is 18.2. The highest BCUT2D eigenvalue weighted by Gasteiger charge is 2.39. The molecule has 9 heteroatoms. The molecule has 2 amide bonds. The van der Waals surface area contributed by atoms with E-state index in [1.165, 1.54) is 11.0 Å². The summed E-state index contributed by atoms with van der Waals surface area (Å²) >= 11 is 0. The summed E-state index contributed by atoms with van der Waals surface area (Å²) in [7, 11) is 0. The maximum absolute atomic E-state index is 13.9. The Kier molecular flexibility index (Phi) is 5.17. The van der Waals surface area contributed by atoms with E-state index in [1.807, 2.05) is 0 Å². The van der Waals surface area contributed by atoms with Gasteiger partial charge in [0.2, 0.25) is 11.8 Å². The van der Waals surface area contributed by atoms with Crippen molar-refractivity contribution in [2.45, 2.75) is 18.9 Å². The van der Waals surface area contributed by atoms with Crippen molar-refractivity contribution in [1.29, 1.82) is 0 Å². The van der Waals surface area contributed by atoms with Crippen LogP contribution in [0.25, 0.3) is 0 Å². The van der Waals surface area contributed by atoms with Gasteiger partial charge in [0.05, 0.1) is 30.7 Å². The molecule has 0 aromatic heterocycles. The topological polar surface area (TPSA) is 87.2 Å². The van der Waals surface area contributed by atoms with Crippen molar-refractivity contribution in [3.05, 3.63) is 29.8 Å². The molecule has 0 spiro atoms. The molecule has 2 saturated heterocycles. The number of carbonyl (C=O) groups excluding carboxylic acids is 2. The van der Waals surface area contributed by atoms with Gasteiger partial charge in [-0.2, -0.15) is 0 Å². The minimum absolute atomic E-state index is 0.00116. The number of hydrogen-bond donors (Lipinski definition) is 1. The summed E-state index contributed by atoms with van der Waals surface area (Å²) in [6.07, 6.45) is -0.871. The van der Waals surface area contributed by atoms with Crippen molar-refractivity contribution in [2.75, 3.05) is 31.1 Å². The van der Waals surface area contributed by atoms with Crippen molar-refractivity contribution in [3.63, 3.8) is 0 Å². The second kappa shape index (κ2) is 7.36. The molecule has 1 aromatic rings. The van der Waals surface area contributed by atoms with E-state index in [-0.39, 0.29) is 44.1 Å². The maximum atomic E-state index is 13.9. The number of benzene rings is 1. The van der Waals surface area contributed by atoms with Gasteiger partial charge >= 0.3 is 5.97 Å². The van der Waals surface area contributed by atoms with Crippen LogP contribution in [-0.2, 0) is 19.1 Å². The van der Waals surface area contributed by atoms with Gasteiger partial charge in [-0.3, -0.25) is 14.4 Å². The summed E-state index contributed by atoms with van der Waals surface area (Å²) < 4.78 is 32.3. The Morgan fingerprint density at radius 3 is 2.73 bits per heavy atom. The molecule has 2 atom stereocenters. The van der Waals surface area contributed by atoms with Crippen LogP contribution in [0.2, 0.25) is 0 Å². The first-order valence-corrected chi connectivity index (χ1v) is 8.22. The minimum atomic E-state index is -1.02. The zero-order valence-corrected chi connectivity index (χ0v) is 13.9. The second-order valence-corrected chi connectivity index (χ2v) is 6.38. The Balaban J connectivity index is 1.68. The van der Waals surface area contributed by atoms with Crippen LogP contribution in [-0.4, -0.2) is 60.1 Å². The van der Waals surface area contributed by atoms with Gasteiger partial charge in [0.15, 0.2) is 0 Å². The third-order valence-corrected chi connectivity index (χ3v) is 4.53. The number of hydrogen-bond acceptors (Lipinski definition) is 4. The number of aliphatic carboxylic acids is 1. The summed E-state index contributed by atoms with van der Waals surface area (Å²) in [5.74, 6) is -3.98. The lowest BCUT2D eigenvalue weighted by Crippen LogP contribution is -2.48. The van der Waals surface area contributed by atoms with Crippen LogP contribution in [0.4, 0.5) is 14.5 Å². The van der Waals surface area contributed by atoms with Crippen LogP contribution in [0, 0.1) is 17.6 Å². The number of carboxylic acids is 1. The number of rotatable bonds is 4. The van der Waals surface area contributed by atoms with Crippen LogP contribution in [0.1, 0.15) is 12.8 Å². The predicted octanol–water partition coefficient (Wildman–Crippen LogP) is 1.02. The van der Waals surface area contributed by atoms with E-state index in [0.29, 0.717) is 12.6 Å². The minimum Gasteiger partial charge on any atom is -0.481 e. The van der Waals surface area contributed by atoms with Crippen LogP contribution in [0.15, 0.2) is 18.2 Å². The number of amides is 2. The Hall–Kier alpha value is -2.55. The number of carbonyl (C=O) groups is 3. The van der Waals surface area contributed by atoms with E-state index < -0.39 is 35.5 Å². The van der Waals surface area contributed by atoms with Gasteiger partial charge in [0, 0.05) is 32.1 Å². The van der Waals surface area contributed by atoms with Crippen molar-refractivity contribution in [3.8, 4) is 0 Å². The molecule has 140 valence electrons. The SMILES string of the molecule is O=C(O)C[C@@H]1CN(C(=O)[C@H]2CC(=O)N(c3ccc(F)cc3F)C2)CCO1. The quantitative estimate of drug-likeness (QED) is 0.858. The molecule has 0 saturated carbocycles. The number of morpholine rings is 1. The van der Waals surface area contributed by atoms with Crippen LogP contribution >= 0.6 is 0 Å². The zero-order chi connectivity index (χ0) is 18.8. The normalized spacial score (nSPS) is 23.4.